The third-order valence-electron chi connectivity index (χ3n) is 5.02. The van der Waals surface area contributed by atoms with E-state index in [2.05, 4.69) is 19.9 Å². The summed E-state index contributed by atoms with van der Waals surface area (Å²) in [5.41, 5.74) is 0.611. The molecule has 1 N–H and O–H groups in total. The monoisotopic (exact) mass is 511 g/mol. The van der Waals surface area contributed by atoms with Gasteiger partial charge in [0.15, 0.2) is 5.82 Å². The number of ether oxygens (including phenoxy) is 3. The summed E-state index contributed by atoms with van der Waals surface area (Å²) in [4.78, 5) is 17.7. The van der Waals surface area contributed by atoms with Gasteiger partial charge < -0.3 is 14.2 Å². The number of nitrogens with zero attached hydrogens (tertiary/aromatic N) is 4. The zero-order valence-electron chi connectivity index (χ0n) is 19.7. The molecule has 0 bridgehead atoms. The number of hydrogen-bond donors (Lipinski definition) is 1. The van der Waals surface area contributed by atoms with E-state index in [4.69, 9.17) is 14.2 Å². The third-order valence-corrected chi connectivity index (χ3v) is 6.36. The van der Waals surface area contributed by atoms with Crippen LogP contribution in [0.25, 0.3) is 17.2 Å². The molecule has 0 spiro atoms. The molecular formula is C24H25N5O6S. The van der Waals surface area contributed by atoms with Crippen LogP contribution in [0.3, 0.4) is 0 Å². The molecule has 0 saturated carbocycles. The van der Waals surface area contributed by atoms with Crippen molar-refractivity contribution >= 4 is 15.9 Å². The van der Waals surface area contributed by atoms with Gasteiger partial charge in [-0.3, -0.25) is 9.36 Å². The van der Waals surface area contributed by atoms with Crippen molar-refractivity contribution in [1.29, 1.82) is 0 Å². The number of hydrogen-bond acceptors (Lipinski definition) is 9. The first kappa shape index (κ1) is 24.7. The molecule has 0 aliphatic carbocycles. The maximum Gasteiger partial charge on any atom is 0.303 e. The van der Waals surface area contributed by atoms with Crippen LogP contribution in [0.4, 0.5) is 0 Å². The van der Waals surface area contributed by atoms with Crippen molar-refractivity contribution < 1.29 is 28.8 Å². The highest BCUT2D eigenvalue weighted by molar-refractivity contribution is 7.90. The molecule has 4 aromatic rings. The lowest BCUT2D eigenvalue weighted by atomic mass is 10.2. The standard InChI is InChI=1S/C24H23N5O6S.H2/c1-4-35-20-15-8-12-17(25-20)22-26-27-23(24(30)28-36(31,32)16-10-6-5-7-11-16)29(22)21-18(33-2)13-9-14-19(21)34-3;/h5-15H,4H2,1-3H3,(H,28,30);1H. The summed E-state index contributed by atoms with van der Waals surface area (Å²) in [5, 5.41) is 8.18. The summed E-state index contributed by atoms with van der Waals surface area (Å²) in [5.74, 6) is -0.189. The summed E-state index contributed by atoms with van der Waals surface area (Å²) < 4.78 is 45.6. The van der Waals surface area contributed by atoms with Gasteiger partial charge in [-0.1, -0.05) is 30.3 Å². The molecule has 11 nitrogen and oxygen atoms in total. The Labute approximate surface area is 209 Å². The molecule has 12 heteroatoms. The molecule has 0 aliphatic heterocycles. The minimum Gasteiger partial charge on any atom is -0.494 e. The van der Waals surface area contributed by atoms with Gasteiger partial charge in [0, 0.05) is 7.49 Å². The number of carbonyl (C=O) groups excluding carboxylic acids is 1. The predicted octanol–water partition coefficient (Wildman–Crippen LogP) is 3.11. The fourth-order valence-corrected chi connectivity index (χ4v) is 4.42. The second-order valence-electron chi connectivity index (χ2n) is 7.24. The fraction of sp³-hybridized carbons (Fsp3) is 0.167. The smallest absolute Gasteiger partial charge is 0.303 e. The first-order valence-electron chi connectivity index (χ1n) is 10.8. The molecule has 0 unspecified atom stereocenters. The van der Waals surface area contributed by atoms with Crippen LogP contribution in [0, 0.1) is 0 Å². The molecule has 1 amide bonds. The molecule has 4 rings (SSSR count). The van der Waals surface area contributed by atoms with E-state index in [0.29, 0.717) is 29.7 Å². The number of para-hydroxylation sites is 1. The number of pyridine rings is 1. The first-order chi connectivity index (χ1) is 17.4. The van der Waals surface area contributed by atoms with Crippen LogP contribution < -0.4 is 18.9 Å². The highest BCUT2D eigenvalue weighted by atomic mass is 32.2. The SMILES string of the molecule is CCOc1cccc(-c2nnc(C(=O)NS(=O)(=O)c3ccccc3)n2-c2c(OC)cccc2OC)n1.[HH]. The second-order valence-corrected chi connectivity index (χ2v) is 8.92. The van der Waals surface area contributed by atoms with E-state index >= 15 is 0 Å². The molecule has 36 heavy (non-hydrogen) atoms. The van der Waals surface area contributed by atoms with E-state index in [9.17, 15) is 13.2 Å². The van der Waals surface area contributed by atoms with Crippen molar-refractivity contribution in [3.8, 4) is 34.6 Å². The topological polar surface area (TPSA) is 135 Å². The van der Waals surface area contributed by atoms with E-state index in [1.807, 2.05) is 6.92 Å². The number of amides is 1. The highest BCUT2D eigenvalue weighted by Crippen LogP contribution is 2.36. The van der Waals surface area contributed by atoms with E-state index in [-0.39, 0.29) is 23.7 Å². The number of sulfonamides is 1. The largest absolute Gasteiger partial charge is 0.494 e. The van der Waals surface area contributed by atoms with Gasteiger partial charge >= 0.3 is 5.91 Å². The Morgan fingerprint density at radius 2 is 1.61 bits per heavy atom. The van der Waals surface area contributed by atoms with Crippen molar-refractivity contribution in [1.82, 2.24) is 24.5 Å². The van der Waals surface area contributed by atoms with Crippen LogP contribution in [-0.4, -0.2) is 54.9 Å². The van der Waals surface area contributed by atoms with Crippen molar-refractivity contribution in [2.45, 2.75) is 11.8 Å². The van der Waals surface area contributed by atoms with Crippen molar-refractivity contribution in [3.63, 3.8) is 0 Å². The fourth-order valence-electron chi connectivity index (χ4n) is 3.45. The van der Waals surface area contributed by atoms with Gasteiger partial charge in [-0.15, -0.1) is 10.2 Å². The van der Waals surface area contributed by atoms with Gasteiger partial charge in [0.1, 0.15) is 22.9 Å². The number of benzene rings is 2. The Kier molecular flexibility index (Phi) is 7.15. The minimum atomic E-state index is -4.19. The zero-order chi connectivity index (χ0) is 25.7. The number of aromatic nitrogens is 4. The van der Waals surface area contributed by atoms with Gasteiger partial charge in [0.25, 0.3) is 10.0 Å². The van der Waals surface area contributed by atoms with Gasteiger partial charge in [-0.05, 0) is 37.3 Å². The Bertz CT molecular complexity index is 1470. The Hall–Kier alpha value is -4.45. The van der Waals surface area contributed by atoms with Crippen LogP contribution >= 0.6 is 0 Å². The lowest BCUT2D eigenvalue weighted by Crippen LogP contribution is -2.32. The van der Waals surface area contributed by atoms with E-state index < -0.39 is 15.9 Å². The van der Waals surface area contributed by atoms with Crippen LogP contribution in [-0.2, 0) is 10.0 Å². The number of carbonyl (C=O) groups is 1. The van der Waals surface area contributed by atoms with Gasteiger partial charge in [-0.2, -0.15) is 0 Å². The van der Waals surface area contributed by atoms with Crippen LogP contribution in [0.2, 0.25) is 0 Å². The molecule has 0 atom stereocenters. The van der Waals surface area contributed by atoms with Crippen LogP contribution in [0.15, 0.2) is 71.6 Å². The highest BCUT2D eigenvalue weighted by Gasteiger charge is 2.29. The maximum atomic E-state index is 13.3. The summed E-state index contributed by atoms with van der Waals surface area (Å²) in [7, 11) is -1.28. The quantitative estimate of drug-likeness (QED) is 0.360. The molecule has 188 valence electrons. The lowest BCUT2D eigenvalue weighted by Gasteiger charge is -2.17. The molecule has 0 fully saturated rings. The molecule has 0 saturated heterocycles. The molecule has 0 radical (unpaired) electrons. The molecular weight excluding hydrogens is 486 g/mol. The van der Waals surface area contributed by atoms with Gasteiger partial charge in [0.2, 0.25) is 11.7 Å². The van der Waals surface area contributed by atoms with Crippen molar-refractivity contribution in [3.05, 3.63) is 72.6 Å². The molecule has 0 aliphatic rings. The molecule has 2 heterocycles. The summed E-state index contributed by atoms with van der Waals surface area (Å²) >= 11 is 0. The predicted molar refractivity (Wildman–Crippen MR) is 132 cm³/mol. The third kappa shape index (κ3) is 4.84. The van der Waals surface area contributed by atoms with Gasteiger partial charge in [-0.25, -0.2) is 18.1 Å². The average Bonchev–Trinajstić information content (AvgIpc) is 3.34. The van der Waals surface area contributed by atoms with E-state index in [1.54, 1.807) is 54.6 Å². The Morgan fingerprint density at radius 3 is 2.25 bits per heavy atom. The van der Waals surface area contributed by atoms with Crippen molar-refractivity contribution in [2.75, 3.05) is 20.8 Å². The summed E-state index contributed by atoms with van der Waals surface area (Å²) in [6, 6.07) is 17.6. The van der Waals surface area contributed by atoms with Crippen LogP contribution in [0.5, 0.6) is 17.4 Å². The number of methoxy groups -OCH3 is 2. The Balaban J connectivity index is 0.00000380. The maximum absolute atomic E-state index is 13.3. The Morgan fingerprint density at radius 1 is 0.944 bits per heavy atom. The van der Waals surface area contributed by atoms with E-state index in [1.165, 1.54) is 30.9 Å². The second kappa shape index (κ2) is 10.4. The summed E-state index contributed by atoms with van der Waals surface area (Å²) in [6.07, 6.45) is 0. The molecule has 2 aromatic carbocycles. The number of nitrogens with one attached hydrogen (secondary N) is 1. The summed E-state index contributed by atoms with van der Waals surface area (Å²) in [6.45, 7) is 2.22. The van der Waals surface area contributed by atoms with Crippen molar-refractivity contribution in [2.24, 2.45) is 0 Å². The normalized spacial score (nSPS) is 11.1. The lowest BCUT2D eigenvalue weighted by molar-refractivity contribution is 0.0969. The number of rotatable bonds is 9. The van der Waals surface area contributed by atoms with Crippen LogP contribution in [0.1, 0.15) is 19.0 Å². The molecule has 2 aromatic heterocycles. The zero-order valence-corrected chi connectivity index (χ0v) is 20.5. The average molecular weight is 512 g/mol. The first-order valence-corrected chi connectivity index (χ1v) is 12.3. The van der Waals surface area contributed by atoms with E-state index in [0.717, 1.165) is 0 Å². The van der Waals surface area contributed by atoms with Gasteiger partial charge in [0.05, 0.1) is 25.7 Å². The minimum absolute atomic E-state index is 0.